The highest BCUT2D eigenvalue weighted by molar-refractivity contribution is 6.12. The number of aliphatic hydroxyl groups excluding tert-OH is 1. The molecule has 0 radical (unpaired) electrons. The first-order valence-corrected chi connectivity index (χ1v) is 8.78. The highest BCUT2D eigenvalue weighted by Gasteiger charge is 2.25. The number of carbonyl (C=O) groups excluding carboxylic acids is 1. The first-order chi connectivity index (χ1) is 12.7. The number of benzene rings is 2. The molecule has 1 atom stereocenters. The van der Waals surface area contributed by atoms with Gasteiger partial charge in [-0.15, -0.1) is 0 Å². The van der Waals surface area contributed by atoms with E-state index >= 15 is 0 Å². The van der Waals surface area contributed by atoms with Gasteiger partial charge >= 0.3 is 0 Å². The zero-order valence-corrected chi connectivity index (χ0v) is 14.6. The Balaban J connectivity index is 1.63. The highest BCUT2D eigenvalue weighted by atomic mass is 16.3. The van der Waals surface area contributed by atoms with Gasteiger partial charge < -0.3 is 10.4 Å². The van der Waals surface area contributed by atoms with E-state index in [-0.39, 0.29) is 18.6 Å². The fraction of sp³-hybridized carbons (Fsp3) is 0.238. The Labute approximate surface area is 152 Å². The SMILES string of the molecule is CC(CO)N1Cc2cccc(NC(=O)c3cccc4ncccc34)c2C1. The molecular weight excluding hydrogens is 326 g/mol. The van der Waals surface area contributed by atoms with Crippen molar-refractivity contribution in [3.8, 4) is 0 Å². The monoisotopic (exact) mass is 347 g/mol. The molecule has 5 nitrogen and oxygen atoms in total. The van der Waals surface area contributed by atoms with Crippen LogP contribution in [0, 0.1) is 0 Å². The lowest BCUT2D eigenvalue weighted by Crippen LogP contribution is -2.30. The van der Waals surface area contributed by atoms with Gasteiger partial charge in [-0.25, -0.2) is 0 Å². The van der Waals surface area contributed by atoms with Crippen LogP contribution in [0.25, 0.3) is 10.9 Å². The molecule has 0 aliphatic carbocycles. The maximum atomic E-state index is 12.9. The van der Waals surface area contributed by atoms with Crippen molar-refractivity contribution in [1.29, 1.82) is 0 Å². The summed E-state index contributed by atoms with van der Waals surface area (Å²) in [6.45, 7) is 3.65. The van der Waals surface area contributed by atoms with Crippen molar-refractivity contribution in [2.45, 2.75) is 26.1 Å². The predicted octanol–water partition coefficient (Wildman–Crippen LogP) is 3.18. The Kier molecular flexibility index (Phi) is 4.41. The minimum Gasteiger partial charge on any atom is -0.395 e. The minimum atomic E-state index is -0.134. The van der Waals surface area contributed by atoms with Crippen LogP contribution in [-0.2, 0) is 13.1 Å². The molecule has 1 aliphatic heterocycles. The minimum absolute atomic E-state index is 0.0927. The number of amides is 1. The van der Waals surface area contributed by atoms with Gasteiger partial charge in [-0.1, -0.05) is 24.3 Å². The second-order valence-corrected chi connectivity index (χ2v) is 6.71. The Bertz CT molecular complexity index is 965. The maximum Gasteiger partial charge on any atom is 0.256 e. The fourth-order valence-electron chi connectivity index (χ4n) is 3.48. The smallest absolute Gasteiger partial charge is 0.256 e. The van der Waals surface area contributed by atoms with E-state index in [1.807, 2.05) is 49.4 Å². The average molecular weight is 347 g/mol. The number of pyridine rings is 1. The van der Waals surface area contributed by atoms with Gasteiger partial charge in [0.1, 0.15) is 0 Å². The van der Waals surface area contributed by atoms with Crippen LogP contribution in [-0.4, -0.2) is 33.5 Å². The van der Waals surface area contributed by atoms with E-state index in [1.165, 1.54) is 5.56 Å². The molecule has 4 rings (SSSR count). The zero-order chi connectivity index (χ0) is 18.1. The largest absolute Gasteiger partial charge is 0.395 e. The first kappa shape index (κ1) is 16.7. The molecular formula is C21H21N3O2. The Morgan fingerprint density at radius 1 is 1.19 bits per heavy atom. The maximum absolute atomic E-state index is 12.9. The normalized spacial score (nSPS) is 15.0. The number of hydrogen-bond acceptors (Lipinski definition) is 4. The molecule has 2 N–H and O–H groups in total. The van der Waals surface area contributed by atoms with Gasteiger partial charge in [0.15, 0.2) is 0 Å². The van der Waals surface area contributed by atoms with E-state index in [0.717, 1.165) is 35.2 Å². The van der Waals surface area contributed by atoms with Crippen molar-refractivity contribution in [3.63, 3.8) is 0 Å². The predicted molar refractivity (Wildman–Crippen MR) is 102 cm³/mol. The van der Waals surface area contributed by atoms with E-state index < -0.39 is 0 Å². The Hall–Kier alpha value is -2.76. The van der Waals surface area contributed by atoms with Crippen LogP contribution >= 0.6 is 0 Å². The fourth-order valence-corrected chi connectivity index (χ4v) is 3.48. The van der Waals surface area contributed by atoms with Gasteiger partial charge in [-0.3, -0.25) is 14.7 Å². The molecule has 2 aromatic carbocycles. The van der Waals surface area contributed by atoms with Crippen molar-refractivity contribution in [2.24, 2.45) is 0 Å². The van der Waals surface area contributed by atoms with Crippen molar-refractivity contribution in [3.05, 3.63) is 71.4 Å². The van der Waals surface area contributed by atoms with Crippen LogP contribution in [0.4, 0.5) is 5.69 Å². The van der Waals surface area contributed by atoms with E-state index in [2.05, 4.69) is 21.3 Å². The number of nitrogens with zero attached hydrogens (tertiary/aromatic N) is 2. The van der Waals surface area contributed by atoms with E-state index in [4.69, 9.17) is 0 Å². The molecule has 0 spiro atoms. The number of aromatic nitrogens is 1. The van der Waals surface area contributed by atoms with Crippen molar-refractivity contribution >= 4 is 22.5 Å². The first-order valence-electron chi connectivity index (χ1n) is 8.78. The number of hydrogen-bond donors (Lipinski definition) is 2. The molecule has 1 unspecified atom stereocenters. The van der Waals surface area contributed by atoms with Crippen LogP contribution in [0.2, 0.25) is 0 Å². The Morgan fingerprint density at radius 3 is 2.88 bits per heavy atom. The summed E-state index contributed by atoms with van der Waals surface area (Å²) >= 11 is 0. The molecule has 1 aromatic heterocycles. The average Bonchev–Trinajstić information content (AvgIpc) is 3.12. The summed E-state index contributed by atoms with van der Waals surface area (Å²) in [4.78, 5) is 19.4. The molecule has 26 heavy (non-hydrogen) atoms. The van der Waals surface area contributed by atoms with Crippen molar-refractivity contribution < 1.29 is 9.90 Å². The number of nitrogens with one attached hydrogen (secondary N) is 1. The lowest BCUT2D eigenvalue weighted by atomic mass is 10.1. The standard InChI is InChI=1S/C21H21N3O2/c1-14(13-25)24-11-15-5-2-9-20(18(15)12-24)23-21(26)17-6-3-8-19-16(17)7-4-10-22-19/h2-10,14,25H,11-13H2,1H3,(H,23,26). The summed E-state index contributed by atoms with van der Waals surface area (Å²) in [6.07, 6.45) is 1.73. The molecule has 0 saturated heterocycles. The second kappa shape index (κ2) is 6.86. The van der Waals surface area contributed by atoms with Gasteiger partial charge in [-0.2, -0.15) is 0 Å². The number of carbonyl (C=O) groups is 1. The van der Waals surface area contributed by atoms with Crippen LogP contribution in [0.15, 0.2) is 54.7 Å². The molecule has 2 heterocycles. The molecule has 132 valence electrons. The summed E-state index contributed by atoms with van der Waals surface area (Å²) in [5, 5.41) is 13.3. The quantitative estimate of drug-likeness (QED) is 0.761. The van der Waals surface area contributed by atoms with Crippen LogP contribution in [0.5, 0.6) is 0 Å². The summed E-state index contributed by atoms with van der Waals surface area (Å²) in [5.74, 6) is -0.134. The molecule has 3 aromatic rings. The second-order valence-electron chi connectivity index (χ2n) is 6.71. The molecule has 0 bridgehead atoms. The lowest BCUT2D eigenvalue weighted by Gasteiger charge is -2.21. The molecule has 1 amide bonds. The summed E-state index contributed by atoms with van der Waals surface area (Å²) in [7, 11) is 0. The van der Waals surface area contributed by atoms with Crippen molar-refractivity contribution in [1.82, 2.24) is 9.88 Å². The van der Waals surface area contributed by atoms with E-state index in [0.29, 0.717) is 5.56 Å². The third kappa shape index (κ3) is 2.96. The van der Waals surface area contributed by atoms with Crippen LogP contribution < -0.4 is 5.32 Å². The Morgan fingerprint density at radius 2 is 2.04 bits per heavy atom. The van der Waals surface area contributed by atoms with Gasteiger partial charge in [0, 0.05) is 42.0 Å². The van der Waals surface area contributed by atoms with Crippen molar-refractivity contribution in [2.75, 3.05) is 11.9 Å². The number of rotatable bonds is 4. The van der Waals surface area contributed by atoms with Gasteiger partial charge in [0.05, 0.1) is 12.1 Å². The van der Waals surface area contributed by atoms with Crippen LogP contribution in [0.3, 0.4) is 0 Å². The van der Waals surface area contributed by atoms with Crippen LogP contribution in [0.1, 0.15) is 28.4 Å². The highest BCUT2D eigenvalue weighted by Crippen LogP contribution is 2.31. The molecule has 1 aliphatic rings. The summed E-state index contributed by atoms with van der Waals surface area (Å²) in [6, 6.07) is 15.4. The topological polar surface area (TPSA) is 65.5 Å². The van der Waals surface area contributed by atoms with Gasteiger partial charge in [0.2, 0.25) is 0 Å². The number of fused-ring (bicyclic) bond motifs is 2. The number of aliphatic hydroxyl groups is 1. The number of anilines is 1. The zero-order valence-electron chi connectivity index (χ0n) is 14.6. The summed E-state index contributed by atoms with van der Waals surface area (Å²) in [5.41, 5.74) is 4.58. The van der Waals surface area contributed by atoms with Gasteiger partial charge in [-0.05, 0) is 42.3 Å². The molecule has 0 saturated carbocycles. The van der Waals surface area contributed by atoms with E-state index in [1.54, 1.807) is 6.20 Å². The third-order valence-corrected chi connectivity index (χ3v) is 5.03. The molecule has 0 fully saturated rings. The van der Waals surface area contributed by atoms with E-state index in [9.17, 15) is 9.90 Å². The third-order valence-electron chi connectivity index (χ3n) is 5.03. The van der Waals surface area contributed by atoms with Gasteiger partial charge in [0.25, 0.3) is 5.91 Å². The molecule has 5 heteroatoms. The summed E-state index contributed by atoms with van der Waals surface area (Å²) < 4.78 is 0. The lowest BCUT2D eigenvalue weighted by molar-refractivity contribution is 0.102.